The van der Waals surface area contributed by atoms with E-state index in [1.54, 1.807) is 36.4 Å². The Labute approximate surface area is 151 Å². The second-order valence-electron chi connectivity index (χ2n) is 5.02. The van der Waals surface area contributed by atoms with Crippen LogP contribution < -0.4 is 20.1 Å². The van der Waals surface area contributed by atoms with Gasteiger partial charge in [-0.15, -0.1) is 0 Å². The number of hydrogen-bond acceptors (Lipinski definition) is 4. The lowest BCUT2D eigenvalue weighted by Gasteiger charge is -2.10. The van der Waals surface area contributed by atoms with Crippen LogP contribution in [0.4, 0.5) is 5.69 Å². The number of amides is 2. The van der Waals surface area contributed by atoms with Crippen molar-refractivity contribution in [3.05, 3.63) is 53.1 Å². The molecule has 2 rings (SSSR count). The molecule has 0 bridgehead atoms. The van der Waals surface area contributed by atoms with E-state index in [0.29, 0.717) is 28.6 Å². The van der Waals surface area contributed by atoms with Crippen molar-refractivity contribution in [2.75, 3.05) is 25.6 Å². The summed E-state index contributed by atoms with van der Waals surface area (Å²) in [5.74, 6) is 0.628. The van der Waals surface area contributed by atoms with Crippen LogP contribution in [-0.4, -0.2) is 32.1 Å². The topological polar surface area (TPSA) is 76.7 Å². The minimum Gasteiger partial charge on any atom is -0.494 e. The van der Waals surface area contributed by atoms with E-state index in [4.69, 9.17) is 21.1 Å². The number of benzene rings is 2. The van der Waals surface area contributed by atoms with Gasteiger partial charge in [0.2, 0.25) is 0 Å². The van der Waals surface area contributed by atoms with Crippen LogP contribution in [0.3, 0.4) is 0 Å². The molecule has 6 nitrogen and oxygen atoms in total. The molecule has 2 amide bonds. The normalized spacial score (nSPS) is 10.0. The van der Waals surface area contributed by atoms with Crippen molar-refractivity contribution >= 4 is 29.1 Å². The molecule has 2 N–H and O–H groups in total. The van der Waals surface area contributed by atoms with Gasteiger partial charge in [0.05, 0.1) is 17.3 Å². The summed E-state index contributed by atoms with van der Waals surface area (Å²) in [7, 11) is 1.53. The van der Waals surface area contributed by atoms with E-state index in [1.807, 2.05) is 6.92 Å². The zero-order valence-electron chi connectivity index (χ0n) is 14.0. The smallest absolute Gasteiger partial charge is 0.262 e. The van der Waals surface area contributed by atoms with Gasteiger partial charge in [-0.2, -0.15) is 0 Å². The molecule has 25 heavy (non-hydrogen) atoms. The number of ether oxygens (including phenoxy) is 2. The number of carbonyl (C=O) groups is 2. The van der Waals surface area contributed by atoms with Crippen molar-refractivity contribution in [2.24, 2.45) is 0 Å². The van der Waals surface area contributed by atoms with Gasteiger partial charge in [0.1, 0.15) is 11.5 Å². The predicted molar refractivity (Wildman–Crippen MR) is 96.6 cm³/mol. The second-order valence-corrected chi connectivity index (χ2v) is 5.42. The number of carbonyl (C=O) groups excluding carboxylic acids is 2. The molecule has 0 saturated heterocycles. The highest BCUT2D eigenvalue weighted by Gasteiger charge is 2.11. The maximum atomic E-state index is 12.0. The maximum absolute atomic E-state index is 12.0. The highest BCUT2D eigenvalue weighted by Crippen LogP contribution is 2.23. The van der Waals surface area contributed by atoms with Crippen LogP contribution in [0, 0.1) is 0 Å². The fourth-order valence-corrected chi connectivity index (χ4v) is 2.21. The molecule has 132 valence electrons. The van der Waals surface area contributed by atoms with Crippen molar-refractivity contribution in [2.45, 2.75) is 6.92 Å². The molecule has 0 radical (unpaired) electrons. The molecule has 0 aromatic heterocycles. The number of nitrogens with one attached hydrogen (secondary N) is 2. The SMILES string of the molecule is CCOc1ccc(OCC(=O)Nc2cc(C(=O)NC)ccc2Cl)cc1. The quantitative estimate of drug-likeness (QED) is 0.793. The molecule has 0 aliphatic carbocycles. The van der Waals surface area contributed by atoms with Crippen LogP contribution in [0.1, 0.15) is 17.3 Å². The molecule has 0 fully saturated rings. The second kappa shape index (κ2) is 8.94. The van der Waals surface area contributed by atoms with Crippen molar-refractivity contribution in [1.82, 2.24) is 5.32 Å². The lowest BCUT2D eigenvalue weighted by atomic mass is 10.2. The van der Waals surface area contributed by atoms with Crippen LogP contribution in [0.2, 0.25) is 5.02 Å². The third-order valence-corrected chi connectivity index (χ3v) is 3.56. The molecule has 0 atom stereocenters. The zero-order chi connectivity index (χ0) is 18.2. The summed E-state index contributed by atoms with van der Waals surface area (Å²) in [4.78, 5) is 23.7. The first-order valence-electron chi connectivity index (χ1n) is 7.70. The van der Waals surface area contributed by atoms with E-state index in [1.165, 1.54) is 13.1 Å². The van der Waals surface area contributed by atoms with Gasteiger partial charge in [-0.05, 0) is 49.4 Å². The van der Waals surface area contributed by atoms with Crippen LogP contribution >= 0.6 is 11.6 Å². The molecule has 7 heteroatoms. The zero-order valence-corrected chi connectivity index (χ0v) is 14.7. The summed E-state index contributed by atoms with van der Waals surface area (Å²) in [6.07, 6.45) is 0. The van der Waals surface area contributed by atoms with Crippen molar-refractivity contribution in [3.63, 3.8) is 0 Å². The molecule has 0 aliphatic heterocycles. The Morgan fingerprint density at radius 3 is 2.28 bits per heavy atom. The monoisotopic (exact) mass is 362 g/mol. The lowest BCUT2D eigenvalue weighted by molar-refractivity contribution is -0.118. The van der Waals surface area contributed by atoms with E-state index in [2.05, 4.69) is 10.6 Å². The molecule has 0 aliphatic rings. The van der Waals surface area contributed by atoms with E-state index in [-0.39, 0.29) is 18.4 Å². The van der Waals surface area contributed by atoms with Crippen LogP contribution in [0.25, 0.3) is 0 Å². The van der Waals surface area contributed by atoms with Crippen molar-refractivity contribution < 1.29 is 19.1 Å². The van der Waals surface area contributed by atoms with Crippen LogP contribution in [0.15, 0.2) is 42.5 Å². The number of halogens is 1. The highest BCUT2D eigenvalue weighted by molar-refractivity contribution is 6.33. The molecule has 0 spiro atoms. The highest BCUT2D eigenvalue weighted by atomic mass is 35.5. The first-order chi connectivity index (χ1) is 12.0. The Morgan fingerprint density at radius 2 is 1.68 bits per heavy atom. The summed E-state index contributed by atoms with van der Waals surface area (Å²) < 4.78 is 10.8. The van der Waals surface area contributed by atoms with Gasteiger partial charge in [0, 0.05) is 12.6 Å². The Hall–Kier alpha value is -2.73. The first-order valence-corrected chi connectivity index (χ1v) is 8.08. The molecular weight excluding hydrogens is 344 g/mol. The molecule has 0 unspecified atom stereocenters. The average molecular weight is 363 g/mol. The Kier molecular flexibility index (Phi) is 6.65. The van der Waals surface area contributed by atoms with Gasteiger partial charge in [0.25, 0.3) is 11.8 Å². The van der Waals surface area contributed by atoms with Gasteiger partial charge in [-0.25, -0.2) is 0 Å². The molecule has 0 heterocycles. The summed E-state index contributed by atoms with van der Waals surface area (Å²) in [5.41, 5.74) is 0.748. The fraction of sp³-hybridized carbons (Fsp3) is 0.222. The van der Waals surface area contributed by atoms with Gasteiger partial charge in [0.15, 0.2) is 6.61 Å². The Balaban J connectivity index is 1.94. The van der Waals surface area contributed by atoms with Gasteiger partial charge < -0.3 is 20.1 Å². The molecule has 2 aromatic rings. The van der Waals surface area contributed by atoms with E-state index >= 15 is 0 Å². The van der Waals surface area contributed by atoms with E-state index in [9.17, 15) is 9.59 Å². The summed E-state index contributed by atoms with van der Waals surface area (Å²) >= 11 is 6.05. The number of rotatable bonds is 7. The Morgan fingerprint density at radius 1 is 1.04 bits per heavy atom. The number of anilines is 1. The standard InChI is InChI=1S/C18H19ClN2O4/c1-3-24-13-5-7-14(8-6-13)25-11-17(22)21-16-10-12(18(23)20-2)4-9-15(16)19/h4-10H,3,11H2,1-2H3,(H,20,23)(H,21,22). The minimum atomic E-state index is -0.384. The van der Waals surface area contributed by atoms with E-state index in [0.717, 1.165) is 5.75 Å². The first kappa shape index (κ1) is 18.6. The van der Waals surface area contributed by atoms with Gasteiger partial charge in [-0.1, -0.05) is 11.6 Å². The maximum Gasteiger partial charge on any atom is 0.262 e. The largest absolute Gasteiger partial charge is 0.494 e. The minimum absolute atomic E-state index is 0.186. The van der Waals surface area contributed by atoms with Crippen molar-refractivity contribution in [1.29, 1.82) is 0 Å². The molecular formula is C18H19ClN2O4. The molecule has 2 aromatic carbocycles. The summed E-state index contributed by atoms with van der Waals surface area (Å²) in [6, 6.07) is 11.6. The van der Waals surface area contributed by atoms with Crippen LogP contribution in [0.5, 0.6) is 11.5 Å². The van der Waals surface area contributed by atoms with Gasteiger partial charge >= 0.3 is 0 Å². The van der Waals surface area contributed by atoms with Crippen LogP contribution in [-0.2, 0) is 4.79 Å². The fourth-order valence-electron chi connectivity index (χ4n) is 2.04. The Bertz CT molecular complexity index is 747. The summed E-state index contributed by atoms with van der Waals surface area (Å²) in [6.45, 7) is 2.30. The summed E-state index contributed by atoms with van der Waals surface area (Å²) in [5, 5.41) is 5.48. The molecule has 0 saturated carbocycles. The van der Waals surface area contributed by atoms with Gasteiger partial charge in [-0.3, -0.25) is 9.59 Å². The van der Waals surface area contributed by atoms with E-state index < -0.39 is 0 Å². The third kappa shape index (κ3) is 5.39. The van der Waals surface area contributed by atoms with Crippen molar-refractivity contribution in [3.8, 4) is 11.5 Å². The average Bonchev–Trinajstić information content (AvgIpc) is 2.62. The third-order valence-electron chi connectivity index (χ3n) is 3.23. The predicted octanol–water partition coefficient (Wildman–Crippen LogP) is 3.12. The lowest BCUT2D eigenvalue weighted by Crippen LogP contribution is -2.21. The number of hydrogen-bond donors (Lipinski definition) is 2.